The standard InChI is InChI=1S/C18H28N4O2/c1-13(2)21-9-5-6-16(21)17(23)22-11-14-7-8-15(22)12-20(10-14)18(24)19(3)4/h5-6,9,13-15H,7-8,10-12H2,1-4H3/t14-,15+/m0/s1. The summed E-state index contributed by atoms with van der Waals surface area (Å²) < 4.78 is 2.03. The van der Waals surface area contributed by atoms with E-state index in [-0.39, 0.29) is 24.0 Å². The van der Waals surface area contributed by atoms with E-state index in [9.17, 15) is 9.59 Å². The van der Waals surface area contributed by atoms with Gasteiger partial charge in [0.15, 0.2) is 0 Å². The highest BCUT2D eigenvalue weighted by Gasteiger charge is 2.39. The minimum absolute atomic E-state index is 0.0479. The third-order valence-corrected chi connectivity index (χ3v) is 5.18. The summed E-state index contributed by atoms with van der Waals surface area (Å²) in [4.78, 5) is 31.0. The summed E-state index contributed by atoms with van der Waals surface area (Å²) in [6, 6.07) is 4.27. The number of carbonyl (C=O) groups is 2. The molecule has 3 fully saturated rings. The van der Waals surface area contributed by atoms with Gasteiger partial charge in [-0.05, 0) is 44.7 Å². The van der Waals surface area contributed by atoms with Gasteiger partial charge in [0, 0.05) is 52.0 Å². The SMILES string of the molecule is CC(C)n1cccc1C(=O)N1C[C@H]2CC[C@@H]1CN(C(=O)N(C)C)C2. The Balaban J connectivity index is 1.82. The van der Waals surface area contributed by atoms with E-state index in [1.807, 2.05) is 32.7 Å². The third-order valence-electron chi connectivity index (χ3n) is 5.18. The summed E-state index contributed by atoms with van der Waals surface area (Å²) in [6.07, 6.45) is 4.04. The molecule has 6 heteroatoms. The molecule has 4 rings (SSSR count). The third kappa shape index (κ3) is 3.01. The number of aromatic nitrogens is 1. The van der Waals surface area contributed by atoms with Gasteiger partial charge in [0.25, 0.3) is 5.91 Å². The van der Waals surface area contributed by atoms with Crippen molar-refractivity contribution >= 4 is 11.9 Å². The zero-order valence-corrected chi connectivity index (χ0v) is 15.1. The first kappa shape index (κ1) is 16.9. The van der Waals surface area contributed by atoms with Crippen LogP contribution in [0, 0.1) is 5.92 Å². The molecule has 3 aliphatic rings. The number of piperidine rings is 1. The quantitative estimate of drug-likeness (QED) is 0.834. The van der Waals surface area contributed by atoms with Crippen molar-refractivity contribution in [1.82, 2.24) is 19.3 Å². The molecule has 0 aliphatic carbocycles. The van der Waals surface area contributed by atoms with Crippen LogP contribution < -0.4 is 0 Å². The van der Waals surface area contributed by atoms with E-state index in [1.54, 1.807) is 19.0 Å². The van der Waals surface area contributed by atoms with Gasteiger partial charge in [-0.15, -0.1) is 0 Å². The molecule has 0 spiro atoms. The minimum atomic E-state index is 0.0479. The molecule has 2 bridgehead atoms. The Labute approximate surface area is 144 Å². The van der Waals surface area contributed by atoms with Crippen LogP contribution in [-0.2, 0) is 0 Å². The molecule has 4 heterocycles. The maximum absolute atomic E-state index is 13.1. The van der Waals surface area contributed by atoms with E-state index in [0.29, 0.717) is 12.5 Å². The number of nitrogens with zero attached hydrogens (tertiary/aromatic N) is 4. The molecule has 3 amide bonds. The van der Waals surface area contributed by atoms with Gasteiger partial charge in [0.2, 0.25) is 0 Å². The van der Waals surface area contributed by atoms with Gasteiger partial charge in [-0.25, -0.2) is 4.79 Å². The fourth-order valence-corrected chi connectivity index (χ4v) is 3.94. The Bertz CT molecular complexity index is 622. The molecule has 0 radical (unpaired) electrons. The summed E-state index contributed by atoms with van der Waals surface area (Å²) in [5.74, 6) is 0.474. The predicted octanol–water partition coefficient (Wildman–Crippen LogP) is 2.29. The van der Waals surface area contributed by atoms with Crippen LogP contribution in [0.15, 0.2) is 18.3 Å². The predicted molar refractivity (Wildman–Crippen MR) is 93.0 cm³/mol. The van der Waals surface area contributed by atoms with Crippen molar-refractivity contribution in [3.63, 3.8) is 0 Å². The Morgan fingerprint density at radius 3 is 2.58 bits per heavy atom. The lowest BCUT2D eigenvalue weighted by atomic mass is 9.94. The van der Waals surface area contributed by atoms with Gasteiger partial charge in [-0.2, -0.15) is 0 Å². The Morgan fingerprint density at radius 1 is 1.17 bits per heavy atom. The van der Waals surface area contributed by atoms with E-state index < -0.39 is 0 Å². The van der Waals surface area contributed by atoms with E-state index in [4.69, 9.17) is 0 Å². The average Bonchev–Trinajstić information content (AvgIpc) is 2.86. The fourth-order valence-electron chi connectivity index (χ4n) is 3.94. The van der Waals surface area contributed by atoms with E-state index >= 15 is 0 Å². The molecule has 0 aromatic carbocycles. The molecule has 1 aromatic rings. The van der Waals surface area contributed by atoms with Crippen molar-refractivity contribution in [3.8, 4) is 0 Å². The fraction of sp³-hybridized carbons (Fsp3) is 0.667. The van der Waals surface area contributed by atoms with Gasteiger partial charge < -0.3 is 19.3 Å². The lowest BCUT2D eigenvalue weighted by molar-refractivity contribution is 0.0573. The van der Waals surface area contributed by atoms with Crippen LogP contribution in [0.5, 0.6) is 0 Å². The Morgan fingerprint density at radius 2 is 1.92 bits per heavy atom. The number of rotatable bonds is 2. The molecule has 3 aliphatic heterocycles. The monoisotopic (exact) mass is 332 g/mol. The van der Waals surface area contributed by atoms with Crippen molar-refractivity contribution in [1.29, 1.82) is 0 Å². The van der Waals surface area contributed by atoms with Gasteiger partial charge in [0.1, 0.15) is 5.69 Å². The second kappa shape index (κ2) is 6.49. The van der Waals surface area contributed by atoms with Crippen LogP contribution in [0.2, 0.25) is 0 Å². The Hall–Kier alpha value is -1.98. The number of hydrogen-bond acceptors (Lipinski definition) is 2. The molecule has 0 unspecified atom stereocenters. The second-order valence-corrected chi connectivity index (χ2v) is 7.53. The van der Waals surface area contributed by atoms with Crippen LogP contribution in [0.1, 0.15) is 43.2 Å². The zero-order valence-electron chi connectivity index (χ0n) is 15.1. The van der Waals surface area contributed by atoms with Crippen molar-refractivity contribution in [3.05, 3.63) is 24.0 Å². The summed E-state index contributed by atoms with van der Waals surface area (Å²) >= 11 is 0. The minimum Gasteiger partial charge on any atom is -0.341 e. The molecule has 6 nitrogen and oxygen atoms in total. The summed E-state index contributed by atoms with van der Waals surface area (Å²) in [6.45, 7) is 6.32. The van der Waals surface area contributed by atoms with Gasteiger partial charge in [-0.1, -0.05) is 0 Å². The highest BCUT2D eigenvalue weighted by atomic mass is 16.2. The van der Waals surface area contributed by atoms with Crippen LogP contribution in [0.4, 0.5) is 4.79 Å². The maximum atomic E-state index is 13.1. The first-order chi connectivity index (χ1) is 11.4. The summed E-state index contributed by atoms with van der Waals surface area (Å²) in [5.41, 5.74) is 0.753. The largest absolute Gasteiger partial charge is 0.341 e. The topological polar surface area (TPSA) is 48.8 Å². The molecule has 2 atom stereocenters. The maximum Gasteiger partial charge on any atom is 0.319 e. The second-order valence-electron chi connectivity index (χ2n) is 7.53. The molecular formula is C18H28N4O2. The molecule has 0 N–H and O–H groups in total. The van der Waals surface area contributed by atoms with Crippen LogP contribution in [0.3, 0.4) is 0 Å². The lowest BCUT2D eigenvalue weighted by Gasteiger charge is -2.36. The number of hydrogen-bond donors (Lipinski definition) is 0. The molecule has 1 aromatic heterocycles. The van der Waals surface area contributed by atoms with Gasteiger partial charge in [0.05, 0.1) is 0 Å². The van der Waals surface area contributed by atoms with Gasteiger partial charge >= 0.3 is 6.03 Å². The number of urea groups is 1. The molecule has 24 heavy (non-hydrogen) atoms. The first-order valence-electron chi connectivity index (χ1n) is 8.82. The van der Waals surface area contributed by atoms with Crippen molar-refractivity contribution < 1.29 is 9.59 Å². The van der Waals surface area contributed by atoms with Crippen LogP contribution in [0.25, 0.3) is 0 Å². The summed E-state index contributed by atoms with van der Waals surface area (Å²) in [5, 5.41) is 0. The molecule has 0 saturated carbocycles. The number of amides is 3. The molecule has 3 saturated heterocycles. The first-order valence-corrected chi connectivity index (χ1v) is 8.82. The average molecular weight is 332 g/mol. The number of carbonyl (C=O) groups excluding carboxylic acids is 2. The Kier molecular flexibility index (Phi) is 4.56. The zero-order chi connectivity index (χ0) is 17.4. The van der Waals surface area contributed by atoms with Crippen molar-refractivity contribution in [2.75, 3.05) is 33.7 Å². The highest BCUT2D eigenvalue weighted by Crippen LogP contribution is 2.30. The van der Waals surface area contributed by atoms with Gasteiger partial charge in [-0.3, -0.25) is 4.79 Å². The van der Waals surface area contributed by atoms with Crippen LogP contribution >= 0.6 is 0 Å². The highest BCUT2D eigenvalue weighted by molar-refractivity contribution is 5.93. The van der Waals surface area contributed by atoms with Crippen molar-refractivity contribution in [2.45, 2.75) is 38.8 Å². The lowest BCUT2D eigenvalue weighted by Crippen LogP contribution is -2.48. The van der Waals surface area contributed by atoms with E-state index in [1.165, 1.54) is 0 Å². The van der Waals surface area contributed by atoms with E-state index in [2.05, 4.69) is 13.8 Å². The number of fused-ring (bicyclic) bond motifs is 4. The molecule has 132 valence electrons. The van der Waals surface area contributed by atoms with Crippen molar-refractivity contribution in [2.24, 2.45) is 5.92 Å². The van der Waals surface area contributed by atoms with Crippen LogP contribution in [-0.4, -0.2) is 71.0 Å². The molecular weight excluding hydrogens is 304 g/mol. The smallest absolute Gasteiger partial charge is 0.319 e. The normalized spacial score (nSPS) is 23.5. The van der Waals surface area contributed by atoms with E-state index in [0.717, 1.165) is 31.6 Å². The summed E-state index contributed by atoms with van der Waals surface area (Å²) in [7, 11) is 3.57.